The molecule has 4 nitrogen and oxygen atoms in total. The number of ether oxygens (including phenoxy) is 1. The predicted octanol–water partition coefficient (Wildman–Crippen LogP) is 4.49. The Kier molecular flexibility index (Phi) is 5.63. The normalized spacial score (nSPS) is 10.3. The number of hydrogen-bond donors (Lipinski definition) is 2. The fourth-order valence-corrected chi connectivity index (χ4v) is 2.76. The van der Waals surface area contributed by atoms with Crippen molar-refractivity contribution in [3.8, 4) is 5.75 Å². The fourth-order valence-electron chi connectivity index (χ4n) is 2.26. The average Bonchev–Trinajstić information content (AvgIpc) is 2.61. The third kappa shape index (κ3) is 5.01. The van der Waals surface area contributed by atoms with Crippen LogP contribution in [0.2, 0.25) is 0 Å². The summed E-state index contributed by atoms with van der Waals surface area (Å²) >= 11 is 8.49. The molecule has 126 valence electrons. The van der Waals surface area contributed by atoms with Crippen LogP contribution >= 0.6 is 28.1 Å². The lowest BCUT2D eigenvalue weighted by molar-refractivity contribution is -0.121. The number of carbonyl (C=O) groups is 1. The number of carbonyl (C=O) groups excluding carboxylic acids is 1. The van der Waals surface area contributed by atoms with Crippen LogP contribution in [0, 0.1) is 0 Å². The topological polar surface area (TPSA) is 50.4 Å². The number of hydrogen-bond acceptors (Lipinski definition) is 3. The molecule has 0 aromatic heterocycles. The summed E-state index contributed by atoms with van der Waals surface area (Å²) in [6, 6.07) is 21.2. The fraction of sp³-hybridized carbons (Fsp3) is 0.0526. The van der Waals surface area contributed by atoms with E-state index in [0.717, 1.165) is 20.9 Å². The maximum absolute atomic E-state index is 12.0. The summed E-state index contributed by atoms with van der Waals surface area (Å²) in [5.74, 6) is 0.323. The third-order valence-electron chi connectivity index (χ3n) is 3.45. The molecule has 0 saturated carbocycles. The molecular formula is C19H15BrN2O2S. The van der Waals surface area contributed by atoms with Gasteiger partial charge < -0.3 is 10.1 Å². The number of nitrogens with one attached hydrogen (secondary N) is 2. The molecule has 0 heterocycles. The highest BCUT2D eigenvalue weighted by atomic mass is 79.9. The lowest BCUT2D eigenvalue weighted by Gasteiger charge is -2.11. The third-order valence-corrected chi connectivity index (χ3v) is 4.18. The molecule has 0 spiro atoms. The van der Waals surface area contributed by atoms with Crippen LogP contribution in [0.3, 0.4) is 0 Å². The maximum atomic E-state index is 12.0. The molecule has 0 saturated heterocycles. The van der Waals surface area contributed by atoms with Crippen molar-refractivity contribution in [3.63, 3.8) is 0 Å². The van der Waals surface area contributed by atoms with Crippen molar-refractivity contribution in [1.29, 1.82) is 0 Å². The van der Waals surface area contributed by atoms with Gasteiger partial charge in [-0.05, 0) is 59.4 Å². The number of anilines is 1. The number of benzene rings is 3. The minimum absolute atomic E-state index is 0.111. The van der Waals surface area contributed by atoms with E-state index in [2.05, 4.69) is 26.6 Å². The Morgan fingerprint density at radius 2 is 1.72 bits per heavy atom. The summed E-state index contributed by atoms with van der Waals surface area (Å²) in [5, 5.41) is 7.96. The zero-order valence-corrected chi connectivity index (χ0v) is 15.6. The van der Waals surface area contributed by atoms with Gasteiger partial charge in [-0.1, -0.05) is 46.3 Å². The number of fused-ring (bicyclic) bond motifs is 1. The van der Waals surface area contributed by atoms with E-state index in [-0.39, 0.29) is 17.6 Å². The number of amides is 1. The van der Waals surface area contributed by atoms with Crippen molar-refractivity contribution in [3.05, 3.63) is 71.2 Å². The van der Waals surface area contributed by atoms with Gasteiger partial charge in [0.05, 0.1) is 0 Å². The van der Waals surface area contributed by atoms with Gasteiger partial charge in [0.2, 0.25) is 0 Å². The van der Waals surface area contributed by atoms with Gasteiger partial charge in [-0.3, -0.25) is 10.1 Å². The second kappa shape index (κ2) is 8.09. The van der Waals surface area contributed by atoms with Crippen LogP contribution < -0.4 is 15.4 Å². The molecule has 0 aliphatic rings. The van der Waals surface area contributed by atoms with E-state index in [9.17, 15) is 4.79 Å². The van der Waals surface area contributed by atoms with Gasteiger partial charge >= 0.3 is 0 Å². The lowest BCUT2D eigenvalue weighted by atomic mass is 10.1. The highest BCUT2D eigenvalue weighted by Crippen LogP contribution is 2.20. The minimum Gasteiger partial charge on any atom is -0.484 e. The first-order valence-electron chi connectivity index (χ1n) is 7.58. The smallest absolute Gasteiger partial charge is 0.264 e. The molecule has 0 bridgehead atoms. The molecule has 0 aliphatic heterocycles. The first kappa shape index (κ1) is 17.4. The summed E-state index contributed by atoms with van der Waals surface area (Å²) in [7, 11) is 0. The van der Waals surface area contributed by atoms with Crippen molar-refractivity contribution in [1.82, 2.24) is 5.32 Å². The van der Waals surface area contributed by atoms with Gasteiger partial charge in [0.25, 0.3) is 5.91 Å². The summed E-state index contributed by atoms with van der Waals surface area (Å²) in [6.45, 7) is -0.111. The van der Waals surface area contributed by atoms with E-state index >= 15 is 0 Å². The van der Waals surface area contributed by atoms with Crippen LogP contribution in [-0.4, -0.2) is 17.6 Å². The number of rotatable bonds is 4. The van der Waals surface area contributed by atoms with E-state index in [1.54, 1.807) is 0 Å². The van der Waals surface area contributed by atoms with Crippen molar-refractivity contribution in [2.45, 2.75) is 0 Å². The van der Waals surface area contributed by atoms with Crippen LogP contribution in [0.4, 0.5) is 5.69 Å². The zero-order valence-electron chi connectivity index (χ0n) is 13.2. The molecule has 0 radical (unpaired) electrons. The monoisotopic (exact) mass is 414 g/mol. The zero-order chi connectivity index (χ0) is 17.6. The molecule has 3 aromatic carbocycles. The summed E-state index contributed by atoms with van der Waals surface area (Å²) in [6.07, 6.45) is 0. The van der Waals surface area contributed by atoms with Crippen molar-refractivity contribution in [2.24, 2.45) is 0 Å². The molecule has 3 rings (SSSR count). The Morgan fingerprint density at radius 1 is 1.00 bits per heavy atom. The lowest BCUT2D eigenvalue weighted by Crippen LogP contribution is -2.37. The van der Waals surface area contributed by atoms with Crippen molar-refractivity contribution >= 4 is 55.6 Å². The standard InChI is InChI=1S/C19H15BrN2O2S/c20-15-6-8-16(9-7-15)21-19(25)22-18(23)12-24-17-10-5-13-3-1-2-4-14(13)11-17/h1-11H,12H2,(H2,21,22,23,25). The number of thiocarbonyl (C=S) groups is 1. The van der Waals surface area contributed by atoms with Crippen molar-refractivity contribution < 1.29 is 9.53 Å². The summed E-state index contributed by atoms with van der Waals surface area (Å²) in [4.78, 5) is 12.0. The Labute approximate surface area is 159 Å². The van der Waals surface area contributed by atoms with E-state index in [1.807, 2.05) is 66.7 Å². The molecule has 0 fully saturated rings. The summed E-state index contributed by atoms with van der Waals surface area (Å²) in [5.41, 5.74) is 0.795. The first-order valence-corrected chi connectivity index (χ1v) is 8.78. The van der Waals surface area contributed by atoms with Gasteiger partial charge in [-0.15, -0.1) is 0 Å². The van der Waals surface area contributed by atoms with E-state index in [0.29, 0.717) is 5.75 Å². The molecule has 25 heavy (non-hydrogen) atoms. The predicted molar refractivity (Wildman–Crippen MR) is 108 cm³/mol. The van der Waals surface area contributed by atoms with Gasteiger partial charge in [0, 0.05) is 10.2 Å². The van der Waals surface area contributed by atoms with Crippen molar-refractivity contribution in [2.75, 3.05) is 11.9 Å². The minimum atomic E-state index is -0.317. The molecule has 0 aliphatic carbocycles. The molecule has 3 aromatic rings. The average molecular weight is 415 g/mol. The highest BCUT2D eigenvalue weighted by molar-refractivity contribution is 9.10. The largest absolute Gasteiger partial charge is 0.484 e. The molecule has 0 unspecified atom stereocenters. The molecule has 1 amide bonds. The molecule has 2 N–H and O–H groups in total. The SMILES string of the molecule is O=C(COc1ccc2ccccc2c1)NC(=S)Nc1ccc(Br)cc1. The van der Waals surface area contributed by atoms with E-state index in [1.165, 1.54) is 0 Å². The van der Waals surface area contributed by atoms with Crippen LogP contribution in [0.5, 0.6) is 5.75 Å². The first-order chi connectivity index (χ1) is 12.1. The second-order valence-corrected chi connectivity index (χ2v) is 6.63. The highest BCUT2D eigenvalue weighted by Gasteiger charge is 2.06. The van der Waals surface area contributed by atoms with Gasteiger partial charge in [0.15, 0.2) is 11.7 Å². The molecule has 0 atom stereocenters. The molecule has 6 heteroatoms. The van der Waals surface area contributed by atoms with Crippen LogP contribution in [0.1, 0.15) is 0 Å². The van der Waals surface area contributed by atoms with E-state index in [4.69, 9.17) is 17.0 Å². The van der Waals surface area contributed by atoms with Crippen LogP contribution in [0.25, 0.3) is 10.8 Å². The van der Waals surface area contributed by atoms with Crippen LogP contribution in [-0.2, 0) is 4.79 Å². The van der Waals surface area contributed by atoms with Gasteiger partial charge in [-0.2, -0.15) is 0 Å². The van der Waals surface area contributed by atoms with E-state index < -0.39 is 0 Å². The van der Waals surface area contributed by atoms with Gasteiger partial charge in [-0.25, -0.2) is 0 Å². The molecular weight excluding hydrogens is 400 g/mol. The van der Waals surface area contributed by atoms with Gasteiger partial charge in [0.1, 0.15) is 5.75 Å². The quantitative estimate of drug-likeness (QED) is 0.617. The Hall–Kier alpha value is -2.44. The number of halogens is 1. The summed E-state index contributed by atoms with van der Waals surface area (Å²) < 4.78 is 6.51. The Balaban J connectivity index is 1.51. The Bertz CT molecular complexity index is 913. The second-order valence-electron chi connectivity index (χ2n) is 5.31. The Morgan fingerprint density at radius 3 is 2.48 bits per heavy atom. The van der Waals surface area contributed by atoms with Crippen LogP contribution in [0.15, 0.2) is 71.2 Å². The maximum Gasteiger partial charge on any atom is 0.264 e.